The van der Waals surface area contributed by atoms with Crippen molar-refractivity contribution in [2.24, 2.45) is 0 Å². The Kier molecular flexibility index (Phi) is 2.23. The normalized spacial score (nSPS) is 52.6. The average Bonchev–Trinajstić information content (AvgIpc) is 1.84. The molecule has 1 fully saturated rings. The maximum atomic E-state index is 9.65. The van der Waals surface area contributed by atoms with Crippen LogP contribution in [0, 0.1) is 0 Å². The van der Waals surface area contributed by atoms with Gasteiger partial charge in [-0.25, -0.2) is 0 Å². The molecule has 4 unspecified atom stereocenters. The minimum atomic E-state index is -1.09. The largest absolute Gasteiger partial charge is 0.390 e. The Bertz CT molecular complexity index is 130. The molecule has 66 valence electrons. The summed E-state index contributed by atoms with van der Waals surface area (Å²) in [6.07, 6.45) is -0.403. The second kappa shape index (κ2) is 2.73. The monoisotopic (exact) mass is 160 g/mol. The Morgan fingerprint density at radius 2 is 2.00 bits per heavy atom. The molecule has 1 saturated heterocycles. The van der Waals surface area contributed by atoms with Crippen LogP contribution < -0.4 is 0 Å². The Balaban J connectivity index is 2.67. The van der Waals surface area contributed by atoms with Gasteiger partial charge in [-0.1, -0.05) is 0 Å². The van der Waals surface area contributed by atoms with Gasteiger partial charge in [0.05, 0.1) is 18.3 Å². The summed E-state index contributed by atoms with van der Waals surface area (Å²) in [5.74, 6) is 0. The Morgan fingerprint density at radius 1 is 1.45 bits per heavy atom. The van der Waals surface area contributed by atoms with E-state index in [0.717, 1.165) is 0 Å². The minimum Gasteiger partial charge on any atom is -0.390 e. The molecular formula is C8H16O3. The molecule has 0 radical (unpaired) electrons. The number of hydrogen-bond acceptors (Lipinski definition) is 3. The predicted molar refractivity (Wildman–Crippen MR) is 41.3 cm³/mol. The van der Waals surface area contributed by atoms with Crippen molar-refractivity contribution in [3.05, 3.63) is 0 Å². The number of ether oxygens (including phenoxy) is 1. The van der Waals surface area contributed by atoms with Gasteiger partial charge in [-0.3, -0.25) is 0 Å². The van der Waals surface area contributed by atoms with E-state index in [9.17, 15) is 10.2 Å². The molecule has 0 spiro atoms. The molecule has 4 atom stereocenters. The van der Waals surface area contributed by atoms with Gasteiger partial charge in [0.25, 0.3) is 0 Å². The van der Waals surface area contributed by atoms with Crippen LogP contribution in [0.5, 0.6) is 0 Å². The third kappa shape index (κ3) is 1.55. The van der Waals surface area contributed by atoms with Gasteiger partial charge in [0.15, 0.2) is 0 Å². The fourth-order valence-corrected chi connectivity index (χ4v) is 1.37. The molecule has 0 aromatic rings. The molecule has 1 heterocycles. The number of hydrogen-bond donors (Lipinski definition) is 2. The molecular weight excluding hydrogens is 144 g/mol. The molecule has 0 amide bonds. The first-order valence-corrected chi connectivity index (χ1v) is 4.00. The second-order valence-electron chi connectivity index (χ2n) is 3.57. The lowest BCUT2D eigenvalue weighted by molar-refractivity contribution is -0.209. The van der Waals surface area contributed by atoms with Crippen molar-refractivity contribution in [1.29, 1.82) is 0 Å². The summed E-state index contributed by atoms with van der Waals surface area (Å²) < 4.78 is 5.36. The lowest BCUT2D eigenvalue weighted by atomic mass is 9.87. The van der Waals surface area contributed by atoms with Crippen molar-refractivity contribution in [1.82, 2.24) is 0 Å². The molecule has 11 heavy (non-hydrogen) atoms. The smallest absolute Gasteiger partial charge is 0.114 e. The third-order valence-corrected chi connectivity index (χ3v) is 2.49. The maximum Gasteiger partial charge on any atom is 0.114 e. The SMILES string of the molecule is CC1CC(O)C(C)(O)C(C)O1. The molecule has 0 aliphatic carbocycles. The Hall–Kier alpha value is -0.120. The Labute approximate surface area is 67.0 Å². The van der Waals surface area contributed by atoms with E-state index in [1.807, 2.05) is 6.92 Å². The molecule has 0 aromatic carbocycles. The van der Waals surface area contributed by atoms with Crippen molar-refractivity contribution in [2.45, 2.75) is 51.1 Å². The van der Waals surface area contributed by atoms with Gasteiger partial charge in [0, 0.05) is 6.42 Å². The molecule has 3 nitrogen and oxygen atoms in total. The van der Waals surface area contributed by atoms with Crippen molar-refractivity contribution in [3.8, 4) is 0 Å². The third-order valence-electron chi connectivity index (χ3n) is 2.49. The van der Waals surface area contributed by atoms with Crippen LogP contribution >= 0.6 is 0 Å². The molecule has 0 saturated carbocycles. The van der Waals surface area contributed by atoms with Crippen molar-refractivity contribution >= 4 is 0 Å². The molecule has 0 aromatic heterocycles. The van der Waals surface area contributed by atoms with Crippen LogP contribution in [0.1, 0.15) is 27.2 Å². The highest BCUT2D eigenvalue weighted by Crippen LogP contribution is 2.28. The predicted octanol–water partition coefficient (Wildman–Crippen LogP) is 0.296. The van der Waals surface area contributed by atoms with E-state index in [1.54, 1.807) is 13.8 Å². The van der Waals surface area contributed by atoms with Gasteiger partial charge in [-0.2, -0.15) is 0 Å². The zero-order valence-corrected chi connectivity index (χ0v) is 7.24. The first-order chi connectivity index (χ1) is 4.94. The van der Waals surface area contributed by atoms with E-state index in [2.05, 4.69) is 0 Å². The summed E-state index contributed by atoms with van der Waals surface area (Å²) in [5, 5.41) is 19.1. The van der Waals surface area contributed by atoms with E-state index in [0.29, 0.717) is 6.42 Å². The van der Waals surface area contributed by atoms with Crippen LogP contribution in [-0.4, -0.2) is 34.1 Å². The molecule has 1 aliphatic rings. The summed E-state index contributed by atoms with van der Waals surface area (Å²) in [6, 6.07) is 0. The van der Waals surface area contributed by atoms with E-state index < -0.39 is 11.7 Å². The van der Waals surface area contributed by atoms with Crippen molar-refractivity contribution in [3.63, 3.8) is 0 Å². The van der Waals surface area contributed by atoms with Gasteiger partial charge in [-0.15, -0.1) is 0 Å². The van der Waals surface area contributed by atoms with E-state index in [4.69, 9.17) is 4.74 Å². The summed E-state index contributed by atoms with van der Waals surface area (Å²) in [4.78, 5) is 0. The first kappa shape index (κ1) is 8.97. The fraction of sp³-hybridized carbons (Fsp3) is 1.00. The van der Waals surface area contributed by atoms with Crippen LogP contribution in [0.4, 0.5) is 0 Å². The highest BCUT2D eigenvalue weighted by Gasteiger charge is 2.42. The van der Waals surface area contributed by atoms with Crippen LogP contribution in [-0.2, 0) is 4.74 Å². The van der Waals surface area contributed by atoms with Crippen LogP contribution in [0.3, 0.4) is 0 Å². The van der Waals surface area contributed by atoms with E-state index in [-0.39, 0.29) is 12.2 Å². The average molecular weight is 160 g/mol. The molecule has 3 heteroatoms. The lowest BCUT2D eigenvalue weighted by Gasteiger charge is -2.41. The zero-order chi connectivity index (χ0) is 8.65. The first-order valence-electron chi connectivity index (χ1n) is 4.00. The maximum absolute atomic E-state index is 9.65. The molecule has 0 bridgehead atoms. The lowest BCUT2D eigenvalue weighted by Crippen LogP contribution is -2.55. The van der Waals surface area contributed by atoms with Gasteiger partial charge in [-0.05, 0) is 20.8 Å². The van der Waals surface area contributed by atoms with Gasteiger partial charge in [0.2, 0.25) is 0 Å². The van der Waals surface area contributed by atoms with Crippen LogP contribution in [0.25, 0.3) is 0 Å². The van der Waals surface area contributed by atoms with Gasteiger partial charge >= 0.3 is 0 Å². The zero-order valence-electron chi connectivity index (χ0n) is 7.24. The van der Waals surface area contributed by atoms with E-state index >= 15 is 0 Å². The summed E-state index contributed by atoms with van der Waals surface area (Å²) in [7, 11) is 0. The minimum absolute atomic E-state index is 0.0419. The van der Waals surface area contributed by atoms with Gasteiger partial charge < -0.3 is 14.9 Å². The Morgan fingerprint density at radius 3 is 2.45 bits per heavy atom. The summed E-state index contributed by atoms with van der Waals surface area (Å²) in [6.45, 7) is 5.28. The standard InChI is InChI=1S/C8H16O3/c1-5-4-7(9)8(3,10)6(2)11-5/h5-7,9-10H,4H2,1-3H3. The number of aliphatic hydroxyl groups excluding tert-OH is 1. The van der Waals surface area contributed by atoms with Crippen molar-refractivity contribution < 1.29 is 14.9 Å². The highest BCUT2D eigenvalue weighted by molar-refractivity contribution is 4.92. The van der Waals surface area contributed by atoms with E-state index in [1.165, 1.54) is 0 Å². The molecule has 1 rings (SSSR count). The highest BCUT2D eigenvalue weighted by atomic mass is 16.5. The molecule has 1 aliphatic heterocycles. The molecule has 2 N–H and O–H groups in total. The quantitative estimate of drug-likeness (QED) is 0.535. The van der Waals surface area contributed by atoms with Crippen LogP contribution in [0.15, 0.2) is 0 Å². The topological polar surface area (TPSA) is 49.7 Å². The number of rotatable bonds is 0. The summed E-state index contributed by atoms with van der Waals surface area (Å²) in [5.41, 5.74) is -1.09. The summed E-state index contributed by atoms with van der Waals surface area (Å²) >= 11 is 0. The van der Waals surface area contributed by atoms with Crippen LogP contribution in [0.2, 0.25) is 0 Å². The van der Waals surface area contributed by atoms with Crippen molar-refractivity contribution in [2.75, 3.05) is 0 Å². The van der Waals surface area contributed by atoms with Gasteiger partial charge in [0.1, 0.15) is 5.60 Å². The second-order valence-corrected chi connectivity index (χ2v) is 3.57. The fourth-order valence-electron chi connectivity index (χ4n) is 1.37. The number of aliphatic hydroxyl groups is 2.